The van der Waals surface area contributed by atoms with Gasteiger partial charge in [-0.1, -0.05) is 49.0 Å². The predicted molar refractivity (Wildman–Crippen MR) is 100.0 cm³/mol. The number of aromatic nitrogens is 3. The topological polar surface area (TPSA) is 85.8 Å². The van der Waals surface area contributed by atoms with Gasteiger partial charge in [-0.05, 0) is 31.7 Å². The van der Waals surface area contributed by atoms with Crippen LogP contribution in [-0.2, 0) is 4.79 Å². The van der Waals surface area contributed by atoms with Crippen LogP contribution in [0.3, 0.4) is 0 Å². The van der Waals surface area contributed by atoms with Gasteiger partial charge in [-0.3, -0.25) is 4.79 Å². The van der Waals surface area contributed by atoms with Crippen molar-refractivity contribution in [2.24, 2.45) is 0 Å². The van der Waals surface area contributed by atoms with Gasteiger partial charge in [0.2, 0.25) is 11.1 Å². The fourth-order valence-corrected chi connectivity index (χ4v) is 3.59. The van der Waals surface area contributed by atoms with Crippen molar-refractivity contribution in [2.75, 3.05) is 12.4 Å². The number of hydrogen-bond acceptors (Lipinski definition) is 5. The lowest BCUT2D eigenvalue weighted by molar-refractivity contribution is -0.120. The lowest BCUT2D eigenvalue weighted by Gasteiger charge is -2.18. The van der Waals surface area contributed by atoms with Gasteiger partial charge >= 0.3 is 0 Å². The van der Waals surface area contributed by atoms with Crippen molar-refractivity contribution in [1.29, 1.82) is 0 Å². The minimum Gasteiger partial charge on any atom is -0.355 e. The molecule has 1 aliphatic rings. The van der Waals surface area contributed by atoms with E-state index in [0.717, 1.165) is 25.1 Å². The molecular formula is C18H25N5OS. The fraction of sp³-hybridized carbons (Fsp3) is 0.500. The van der Waals surface area contributed by atoms with Crippen molar-refractivity contribution < 1.29 is 4.79 Å². The number of thioether (sulfide) groups is 1. The number of carbonyl (C=O) groups is 1. The molecule has 0 saturated heterocycles. The number of amides is 1. The Morgan fingerprint density at radius 3 is 2.72 bits per heavy atom. The van der Waals surface area contributed by atoms with Crippen LogP contribution in [0.25, 0.3) is 0 Å². The summed E-state index contributed by atoms with van der Waals surface area (Å²) in [5.74, 6) is 7.63. The molecule has 1 saturated carbocycles. The van der Waals surface area contributed by atoms with Crippen LogP contribution in [0.1, 0.15) is 56.3 Å². The zero-order valence-corrected chi connectivity index (χ0v) is 15.5. The van der Waals surface area contributed by atoms with Crippen LogP contribution < -0.4 is 11.2 Å². The first-order chi connectivity index (χ1) is 12.1. The molecule has 1 aromatic heterocycles. The monoisotopic (exact) mass is 359 g/mol. The van der Waals surface area contributed by atoms with Crippen LogP contribution in [0, 0.1) is 0 Å². The Bertz CT molecular complexity index is 714. The average molecular weight is 359 g/mol. The minimum atomic E-state index is -0.271. The van der Waals surface area contributed by atoms with E-state index >= 15 is 0 Å². The van der Waals surface area contributed by atoms with Crippen LogP contribution in [0.5, 0.6) is 0 Å². The van der Waals surface area contributed by atoms with Crippen molar-refractivity contribution >= 4 is 17.7 Å². The Morgan fingerprint density at radius 1 is 1.36 bits per heavy atom. The maximum atomic E-state index is 12.4. The quantitative estimate of drug-likeness (QED) is 0.559. The molecule has 0 radical (unpaired) electrons. The molecular weight excluding hydrogens is 334 g/mol. The first kappa shape index (κ1) is 17.8. The average Bonchev–Trinajstić information content (AvgIpc) is 3.41. The highest BCUT2D eigenvalue weighted by Gasteiger charge is 2.30. The van der Waals surface area contributed by atoms with Gasteiger partial charge in [0.15, 0.2) is 5.82 Å². The molecule has 0 unspecified atom stereocenters. The van der Waals surface area contributed by atoms with Crippen molar-refractivity contribution in [3.8, 4) is 0 Å². The normalized spacial score (nSPS) is 16.4. The summed E-state index contributed by atoms with van der Waals surface area (Å²) in [5.41, 5.74) is 1.25. The molecule has 0 bridgehead atoms. The van der Waals surface area contributed by atoms with Crippen molar-refractivity contribution in [3.63, 3.8) is 0 Å². The standard InChI is InChI=1S/C18H25N5OS/c1-3-13(14-7-5-4-6-8-14)11-20-17(24)12(2)25-18-22-21-16(23(18)19)15-9-10-15/h4-8,12-13,15H,3,9-11,19H2,1-2H3,(H,20,24)/t12-,13+/m0/s1. The molecule has 1 aromatic carbocycles. The largest absolute Gasteiger partial charge is 0.355 e. The van der Waals surface area contributed by atoms with Gasteiger partial charge in [-0.25, -0.2) is 4.68 Å². The fourth-order valence-electron chi connectivity index (χ4n) is 2.79. The smallest absolute Gasteiger partial charge is 0.233 e. The maximum Gasteiger partial charge on any atom is 0.233 e. The Hall–Kier alpha value is -2.02. The van der Waals surface area contributed by atoms with Gasteiger partial charge < -0.3 is 11.2 Å². The van der Waals surface area contributed by atoms with Crippen molar-refractivity contribution in [2.45, 2.75) is 55.4 Å². The van der Waals surface area contributed by atoms with Crippen LogP contribution in [0.4, 0.5) is 0 Å². The van der Waals surface area contributed by atoms with Crippen molar-refractivity contribution in [3.05, 3.63) is 41.7 Å². The second-order valence-electron chi connectivity index (χ2n) is 6.51. The molecule has 0 spiro atoms. The number of nitrogens with one attached hydrogen (secondary N) is 1. The van der Waals surface area contributed by atoms with Gasteiger partial charge in [0.25, 0.3) is 0 Å². The molecule has 0 aliphatic heterocycles. The number of benzene rings is 1. The van der Waals surface area contributed by atoms with Gasteiger partial charge in [0, 0.05) is 18.4 Å². The van der Waals surface area contributed by atoms with Gasteiger partial charge in [-0.15, -0.1) is 10.2 Å². The van der Waals surface area contributed by atoms with Gasteiger partial charge in [0.05, 0.1) is 5.25 Å². The summed E-state index contributed by atoms with van der Waals surface area (Å²) in [6, 6.07) is 10.3. The molecule has 6 nitrogen and oxygen atoms in total. The number of carbonyl (C=O) groups excluding carboxylic acids is 1. The van der Waals surface area contributed by atoms with E-state index in [0.29, 0.717) is 23.5 Å². The number of nitrogen functional groups attached to an aromatic ring is 1. The highest BCUT2D eigenvalue weighted by atomic mass is 32.2. The molecule has 2 aromatic rings. The highest BCUT2D eigenvalue weighted by Crippen LogP contribution is 2.39. The second kappa shape index (κ2) is 7.91. The van der Waals surface area contributed by atoms with Crippen LogP contribution in [0.2, 0.25) is 0 Å². The van der Waals surface area contributed by atoms with Gasteiger partial charge in [0.1, 0.15) is 0 Å². The van der Waals surface area contributed by atoms with E-state index in [4.69, 9.17) is 5.84 Å². The second-order valence-corrected chi connectivity index (χ2v) is 7.81. The minimum absolute atomic E-state index is 0.00430. The molecule has 7 heteroatoms. The van der Waals surface area contributed by atoms with E-state index in [-0.39, 0.29) is 11.2 Å². The number of hydrogen-bond donors (Lipinski definition) is 2. The summed E-state index contributed by atoms with van der Waals surface area (Å²) in [7, 11) is 0. The first-order valence-corrected chi connectivity index (χ1v) is 9.67. The van der Waals surface area contributed by atoms with Crippen LogP contribution >= 0.6 is 11.8 Å². The number of nitrogens with two attached hydrogens (primary N) is 1. The molecule has 2 atom stereocenters. The van der Waals surface area contributed by atoms with Crippen LogP contribution in [0.15, 0.2) is 35.5 Å². The Labute approximate surface area is 152 Å². The molecule has 134 valence electrons. The Morgan fingerprint density at radius 2 is 2.08 bits per heavy atom. The summed E-state index contributed by atoms with van der Waals surface area (Å²) in [4.78, 5) is 12.4. The number of rotatable bonds is 8. The Kier molecular flexibility index (Phi) is 5.63. The molecule has 1 heterocycles. The summed E-state index contributed by atoms with van der Waals surface area (Å²) in [6.07, 6.45) is 3.22. The third-order valence-electron chi connectivity index (χ3n) is 4.57. The van der Waals surface area contributed by atoms with E-state index in [2.05, 4.69) is 34.6 Å². The third-order valence-corrected chi connectivity index (χ3v) is 5.63. The first-order valence-electron chi connectivity index (χ1n) is 8.79. The van der Waals surface area contributed by atoms with E-state index in [9.17, 15) is 4.79 Å². The summed E-state index contributed by atoms with van der Waals surface area (Å²) < 4.78 is 1.53. The van der Waals surface area contributed by atoms with E-state index in [1.165, 1.54) is 22.0 Å². The highest BCUT2D eigenvalue weighted by molar-refractivity contribution is 8.00. The summed E-state index contributed by atoms with van der Waals surface area (Å²) >= 11 is 1.35. The third kappa shape index (κ3) is 4.34. The molecule has 1 aliphatic carbocycles. The van der Waals surface area contributed by atoms with Gasteiger partial charge in [-0.2, -0.15) is 0 Å². The summed E-state index contributed by atoms with van der Waals surface area (Å²) in [6.45, 7) is 4.64. The SMILES string of the molecule is CC[C@H](CNC(=O)[C@H](C)Sc1nnc(C2CC2)n1N)c1ccccc1. The number of nitrogens with zero attached hydrogens (tertiary/aromatic N) is 3. The Balaban J connectivity index is 1.53. The van der Waals surface area contributed by atoms with E-state index in [1.54, 1.807) is 0 Å². The molecule has 1 amide bonds. The molecule has 25 heavy (non-hydrogen) atoms. The molecule has 3 N–H and O–H groups in total. The van der Waals surface area contributed by atoms with Crippen LogP contribution in [-0.4, -0.2) is 32.6 Å². The lowest BCUT2D eigenvalue weighted by atomic mass is 9.96. The molecule has 3 rings (SSSR count). The zero-order valence-electron chi connectivity index (χ0n) is 14.7. The zero-order chi connectivity index (χ0) is 17.8. The van der Waals surface area contributed by atoms with Crippen molar-refractivity contribution in [1.82, 2.24) is 20.2 Å². The summed E-state index contributed by atoms with van der Waals surface area (Å²) in [5, 5.41) is 11.7. The lowest BCUT2D eigenvalue weighted by Crippen LogP contribution is -2.34. The van der Waals surface area contributed by atoms with E-state index < -0.39 is 0 Å². The molecule has 1 fully saturated rings. The maximum absolute atomic E-state index is 12.4. The van der Waals surface area contributed by atoms with E-state index in [1.807, 2.05) is 25.1 Å². The predicted octanol–water partition coefficient (Wildman–Crippen LogP) is 2.66.